The van der Waals surface area contributed by atoms with Crippen LogP contribution in [0.1, 0.15) is 17.3 Å². The Morgan fingerprint density at radius 2 is 1.74 bits per heavy atom. The Kier molecular flexibility index (Phi) is 9.04. The average Bonchev–Trinajstić information content (AvgIpc) is 2.56. The summed E-state index contributed by atoms with van der Waals surface area (Å²) in [6, 6.07) is 16.5. The largest absolute Gasteiger partial charge is 0.390 e. The first-order chi connectivity index (χ1) is 10.8. The third-order valence-corrected chi connectivity index (χ3v) is 2.80. The van der Waals surface area contributed by atoms with Gasteiger partial charge in [-0.1, -0.05) is 36.5 Å². The molecule has 0 fully saturated rings. The molecule has 0 atom stereocenters. The van der Waals surface area contributed by atoms with Crippen molar-refractivity contribution >= 4 is 23.5 Å². The summed E-state index contributed by atoms with van der Waals surface area (Å²) >= 11 is 0. The SMILES string of the molecule is C[C-]=CC=[C-]C=Nc1ccccc1C(=O)Nc1ccccc1.[Y]. The number of hydrogen-bond acceptors (Lipinski definition) is 2. The number of anilines is 1. The molecule has 0 aliphatic carbocycles. The molecule has 2 aromatic carbocycles. The maximum absolute atomic E-state index is 12.3. The van der Waals surface area contributed by atoms with E-state index in [1.54, 1.807) is 31.2 Å². The maximum Gasteiger partial charge on any atom is 0.257 e. The molecular formula is C19H16N2OY-2. The fourth-order valence-electron chi connectivity index (χ4n) is 1.78. The number of hydrogen-bond donors (Lipinski definition) is 1. The number of amides is 1. The van der Waals surface area contributed by atoms with Crippen LogP contribution < -0.4 is 5.32 Å². The second-order valence-electron chi connectivity index (χ2n) is 4.38. The zero-order chi connectivity index (χ0) is 15.6. The molecule has 0 spiro atoms. The van der Waals surface area contributed by atoms with Crippen LogP contribution in [0.15, 0.2) is 71.7 Å². The molecule has 23 heavy (non-hydrogen) atoms. The summed E-state index contributed by atoms with van der Waals surface area (Å²) in [6.45, 7) is 1.80. The molecule has 1 radical (unpaired) electrons. The Balaban J connectivity index is 0.00000264. The van der Waals surface area contributed by atoms with Crippen LogP contribution in [-0.2, 0) is 32.7 Å². The Morgan fingerprint density at radius 1 is 1.04 bits per heavy atom. The number of rotatable bonds is 5. The van der Waals surface area contributed by atoms with Crippen LogP contribution in [0.5, 0.6) is 0 Å². The van der Waals surface area contributed by atoms with E-state index in [0.29, 0.717) is 11.3 Å². The van der Waals surface area contributed by atoms with E-state index in [4.69, 9.17) is 0 Å². The standard InChI is InChI=1S/C19H16N2O.Y/c1-2-3-4-10-15-20-18-14-9-8-13-17(18)19(22)21-16-11-6-5-7-12-16;/h3-9,11-15H,1H3,(H,21,22);/q-2;. The van der Waals surface area contributed by atoms with Crippen LogP contribution in [0, 0.1) is 12.2 Å². The molecule has 113 valence electrons. The summed E-state index contributed by atoms with van der Waals surface area (Å²) < 4.78 is 0. The second-order valence-corrected chi connectivity index (χ2v) is 4.38. The average molecular weight is 377 g/mol. The number of para-hydroxylation sites is 2. The van der Waals surface area contributed by atoms with E-state index in [1.165, 1.54) is 6.21 Å². The van der Waals surface area contributed by atoms with E-state index < -0.39 is 0 Å². The van der Waals surface area contributed by atoms with Crippen molar-refractivity contribution in [2.45, 2.75) is 6.92 Å². The van der Waals surface area contributed by atoms with Crippen molar-refractivity contribution in [2.75, 3.05) is 5.32 Å². The molecule has 2 rings (SSSR count). The topological polar surface area (TPSA) is 41.5 Å². The molecule has 0 aliphatic heterocycles. The molecule has 3 nitrogen and oxygen atoms in total. The number of benzene rings is 2. The molecule has 1 N–H and O–H groups in total. The maximum atomic E-state index is 12.3. The number of allylic oxidation sites excluding steroid dienone is 4. The van der Waals surface area contributed by atoms with Crippen molar-refractivity contribution in [1.29, 1.82) is 0 Å². The van der Waals surface area contributed by atoms with Gasteiger partial charge in [0.1, 0.15) is 0 Å². The van der Waals surface area contributed by atoms with Crippen LogP contribution in [0.2, 0.25) is 0 Å². The molecule has 0 unspecified atom stereocenters. The van der Waals surface area contributed by atoms with Gasteiger partial charge in [0.05, 0.1) is 11.3 Å². The summed E-state index contributed by atoms with van der Waals surface area (Å²) in [7, 11) is 0. The fourth-order valence-corrected chi connectivity index (χ4v) is 1.78. The van der Waals surface area contributed by atoms with Crippen molar-refractivity contribution < 1.29 is 37.5 Å². The van der Waals surface area contributed by atoms with Gasteiger partial charge in [0, 0.05) is 38.4 Å². The molecule has 2 aromatic rings. The zero-order valence-corrected chi connectivity index (χ0v) is 15.7. The van der Waals surface area contributed by atoms with E-state index >= 15 is 0 Å². The third kappa shape index (κ3) is 6.43. The van der Waals surface area contributed by atoms with Gasteiger partial charge in [-0.25, -0.2) is 0 Å². The molecule has 4 heteroatoms. The van der Waals surface area contributed by atoms with Crippen LogP contribution in [-0.4, -0.2) is 12.1 Å². The van der Waals surface area contributed by atoms with Gasteiger partial charge in [0.15, 0.2) is 0 Å². The molecule has 0 saturated carbocycles. The number of carbonyl (C=O) groups is 1. The monoisotopic (exact) mass is 377 g/mol. The van der Waals surface area contributed by atoms with Crippen LogP contribution in [0.3, 0.4) is 0 Å². The van der Waals surface area contributed by atoms with Crippen LogP contribution >= 0.6 is 0 Å². The van der Waals surface area contributed by atoms with Gasteiger partial charge >= 0.3 is 0 Å². The van der Waals surface area contributed by atoms with Crippen LogP contribution in [0.25, 0.3) is 0 Å². The molecule has 0 aliphatic rings. The number of nitrogens with zero attached hydrogens (tertiary/aromatic N) is 1. The smallest absolute Gasteiger partial charge is 0.257 e. The quantitative estimate of drug-likeness (QED) is 0.469. The number of carbonyl (C=O) groups excluding carboxylic acids is 1. The van der Waals surface area contributed by atoms with E-state index in [2.05, 4.69) is 22.5 Å². The summed E-state index contributed by atoms with van der Waals surface area (Å²) in [5.74, 6) is -0.190. The first kappa shape index (κ1) is 19.2. The minimum absolute atomic E-state index is 0. The number of aliphatic imine (C=N–C) groups is 1. The van der Waals surface area contributed by atoms with E-state index in [9.17, 15) is 4.79 Å². The zero-order valence-electron chi connectivity index (χ0n) is 12.9. The van der Waals surface area contributed by atoms with Gasteiger partial charge in [-0.3, -0.25) is 9.79 Å². The number of nitrogens with one attached hydrogen (secondary N) is 1. The fraction of sp³-hybridized carbons (Fsp3) is 0.0526. The minimum atomic E-state index is -0.190. The van der Waals surface area contributed by atoms with Gasteiger partial charge in [-0.2, -0.15) is 0 Å². The van der Waals surface area contributed by atoms with Crippen molar-refractivity contribution in [2.24, 2.45) is 4.99 Å². The first-order valence-electron chi connectivity index (χ1n) is 6.87. The van der Waals surface area contributed by atoms with Gasteiger partial charge in [0.25, 0.3) is 5.91 Å². The van der Waals surface area contributed by atoms with E-state index in [-0.39, 0.29) is 38.6 Å². The predicted octanol–water partition coefficient (Wildman–Crippen LogP) is 4.38. The van der Waals surface area contributed by atoms with Crippen LogP contribution in [0.4, 0.5) is 11.4 Å². The summed E-state index contributed by atoms with van der Waals surface area (Å²) in [5, 5.41) is 2.85. The van der Waals surface area contributed by atoms with E-state index in [1.807, 2.05) is 42.5 Å². The van der Waals surface area contributed by atoms with Gasteiger partial charge in [-0.15, -0.1) is 6.92 Å². The molecule has 0 heterocycles. The molecule has 1 amide bonds. The molecule has 0 saturated heterocycles. The molecular weight excluding hydrogens is 361 g/mol. The van der Waals surface area contributed by atoms with Gasteiger partial charge in [-0.05, 0) is 24.3 Å². The minimum Gasteiger partial charge on any atom is -0.390 e. The van der Waals surface area contributed by atoms with Crippen molar-refractivity contribution in [3.63, 3.8) is 0 Å². The summed E-state index contributed by atoms with van der Waals surface area (Å²) in [5.41, 5.74) is 1.87. The normalized spacial score (nSPS) is 11.0. The van der Waals surface area contributed by atoms with E-state index in [0.717, 1.165) is 5.69 Å². The van der Waals surface area contributed by atoms with Crippen molar-refractivity contribution in [1.82, 2.24) is 0 Å². The van der Waals surface area contributed by atoms with Gasteiger partial charge in [0.2, 0.25) is 0 Å². The van der Waals surface area contributed by atoms with Crippen molar-refractivity contribution in [3.05, 3.63) is 84.5 Å². The summed E-state index contributed by atoms with van der Waals surface area (Å²) in [4.78, 5) is 16.6. The Labute approximate surface area is 162 Å². The molecule has 0 bridgehead atoms. The summed E-state index contributed by atoms with van der Waals surface area (Å²) in [6.07, 6.45) is 10.7. The van der Waals surface area contributed by atoms with Crippen molar-refractivity contribution in [3.8, 4) is 0 Å². The second kappa shape index (κ2) is 10.8. The third-order valence-electron chi connectivity index (χ3n) is 2.80. The molecule has 0 aromatic heterocycles. The predicted molar refractivity (Wildman–Crippen MR) is 90.3 cm³/mol. The Hall–Kier alpha value is -1.84. The van der Waals surface area contributed by atoms with Gasteiger partial charge < -0.3 is 29.6 Å². The Morgan fingerprint density at radius 3 is 2.48 bits per heavy atom. The Bertz CT molecular complexity index is 706. The first-order valence-corrected chi connectivity index (χ1v) is 6.87.